The first-order chi connectivity index (χ1) is 9.43. The zero-order valence-electron chi connectivity index (χ0n) is 13.7. The lowest BCUT2D eigenvalue weighted by molar-refractivity contribution is 0.218. The molecular weight excluding hydrogens is 261 g/mol. The van der Waals surface area contributed by atoms with Crippen LogP contribution >= 0.6 is 12.2 Å². The molecular formula is C17H30BNS. The van der Waals surface area contributed by atoms with Crippen molar-refractivity contribution in [3.8, 4) is 0 Å². The normalized spacial score (nSPS) is 40.8. The van der Waals surface area contributed by atoms with Crippen LogP contribution < -0.4 is 0 Å². The topological polar surface area (TPSA) is 3.24 Å². The van der Waals surface area contributed by atoms with Gasteiger partial charge < -0.3 is 4.90 Å². The average Bonchev–Trinajstić information content (AvgIpc) is 2.65. The smallest absolute Gasteiger partial charge is 0.131 e. The second kappa shape index (κ2) is 5.30. The molecule has 4 fully saturated rings. The summed E-state index contributed by atoms with van der Waals surface area (Å²) in [5.74, 6) is 2.73. The Labute approximate surface area is 131 Å². The van der Waals surface area contributed by atoms with Crippen LogP contribution in [0.15, 0.2) is 0 Å². The average molecular weight is 291 g/mol. The predicted octanol–water partition coefficient (Wildman–Crippen LogP) is 4.43. The Morgan fingerprint density at radius 3 is 2.60 bits per heavy atom. The van der Waals surface area contributed by atoms with Crippen LogP contribution in [0.5, 0.6) is 0 Å². The van der Waals surface area contributed by atoms with E-state index in [-0.39, 0.29) is 0 Å². The van der Waals surface area contributed by atoms with Crippen LogP contribution in [0.3, 0.4) is 0 Å². The third-order valence-corrected chi connectivity index (χ3v) is 6.99. The van der Waals surface area contributed by atoms with Gasteiger partial charge in [0, 0.05) is 18.5 Å². The Morgan fingerprint density at radius 1 is 1.30 bits per heavy atom. The SMILES string of the molecule is CC(C)N1C(=S)CC2CC3BC(C(C)C)(CCCC21)C3. The van der Waals surface area contributed by atoms with Crippen molar-refractivity contribution < 1.29 is 0 Å². The van der Waals surface area contributed by atoms with E-state index in [1.54, 1.807) is 0 Å². The van der Waals surface area contributed by atoms with Crippen LogP contribution in [0.1, 0.15) is 66.2 Å². The summed E-state index contributed by atoms with van der Waals surface area (Å²) in [5, 5.41) is 0.701. The number of nitrogens with zero attached hydrogens (tertiary/aromatic N) is 1. The molecule has 1 nitrogen and oxygen atoms in total. The van der Waals surface area contributed by atoms with E-state index in [0.29, 0.717) is 11.4 Å². The number of hydrogen-bond donors (Lipinski definition) is 0. The summed E-state index contributed by atoms with van der Waals surface area (Å²) in [5.41, 5.74) is 0. The van der Waals surface area contributed by atoms with E-state index in [1.807, 2.05) is 0 Å². The Kier molecular flexibility index (Phi) is 3.94. The molecule has 1 aliphatic carbocycles. The maximum Gasteiger partial charge on any atom is 0.131 e. The van der Waals surface area contributed by atoms with Gasteiger partial charge in [-0.25, -0.2) is 0 Å². The Hall–Kier alpha value is -0.0451. The number of hydrogen-bond acceptors (Lipinski definition) is 1. The van der Waals surface area contributed by atoms with Crippen molar-refractivity contribution in [1.29, 1.82) is 0 Å². The third-order valence-electron chi connectivity index (χ3n) is 6.61. The maximum absolute atomic E-state index is 5.69. The van der Waals surface area contributed by atoms with Gasteiger partial charge in [0.25, 0.3) is 0 Å². The number of rotatable bonds is 2. The highest BCUT2D eigenvalue weighted by atomic mass is 32.1. The van der Waals surface area contributed by atoms with Gasteiger partial charge in [0.2, 0.25) is 0 Å². The van der Waals surface area contributed by atoms with E-state index in [4.69, 9.17) is 12.2 Å². The second-order valence-corrected chi connectivity index (χ2v) is 8.82. The van der Waals surface area contributed by atoms with E-state index in [1.165, 1.54) is 50.8 Å². The zero-order chi connectivity index (χ0) is 14.5. The molecule has 3 heterocycles. The van der Waals surface area contributed by atoms with Gasteiger partial charge in [-0.3, -0.25) is 0 Å². The van der Waals surface area contributed by atoms with Gasteiger partial charge >= 0.3 is 0 Å². The first-order valence-electron chi connectivity index (χ1n) is 8.74. The molecule has 0 aromatic rings. The molecule has 0 N–H and O–H groups in total. The van der Waals surface area contributed by atoms with Crippen LogP contribution in [0.4, 0.5) is 0 Å². The largest absolute Gasteiger partial charge is 0.360 e. The molecule has 4 atom stereocenters. The molecule has 4 aliphatic rings. The second-order valence-electron chi connectivity index (χ2n) is 8.35. The molecule has 3 saturated heterocycles. The van der Waals surface area contributed by atoms with Crippen LogP contribution in [-0.4, -0.2) is 29.3 Å². The summed E-state index contributed by atoms with van der Waals surface area (Å²) in [7, 11) is 1.50. The highest BCUT2D eigenvalue weighted by Crippen LogP contribution is 2.61. The summed E-state index contributed by atoms with van der Waals surface area (Å²) < 4.78 is 0. The van der Waals surface area contributed by atoms with Crippen LogP contribution in [0, 0.1) is 11.8 Å². The molecule has 0 aromatic carbocycles. The lowest BCUT2D eigenvalue weighted by Gasteiger charge is -2.50. The van der Waals surface area contributed by atoms with Crippen molar-refractivity contribution in [2.24, 2.45) is 11.8 Å². The molecule has 0 radical (unpaired) electrons. The Bertz CT molecular complexity index is 386. The van der Waals surface area contributed by atoms with Crippen molar-refractivity contribution in [3.05, 3.63) is 0 Å². The van der Waals surface area contributed by atoms with Gasteiger partial charge in [-0.1, -0.05) is 62.9 Å². The quantitative estimate of drug-likeness (QED) is 0.547. The fourth-order valence-corrected chi connectivity index (χ4v) is 6.04. The van der Waals surface area contributed by atoms with Gasteiger partial charge in [0.1, 0.15) is 7.28 Å². The first-order valence-corrected chi connectivity index (χ1v) is 9.15. The van der Waals surface area contributed by atoms with Crippen LogP contribution in [-0.2, 0) is 0 Å². The molecule has 112 valence electrons. The molecule has 4 unspecified atom stereocenters. The number of fused-ring (bicyclic) bond motifs is 2. The van der Waals surface area contributed by atoms with Crippen molar-refractivity contribution in [1.82, 2.24) is 4.90 Å². The van der Waals surface area contributed by atoms with E-state index < -0.39 is 0 Å². The standard InChI is InChI=1S/C17H30BNS/c1-11(2)17-7-5-6-15-13(8-14(10-17)18-17)9-16(20)19(15)12(3)4/h11-15,18H,5-10H2,1-4H3. The van der Waals surface area contributed by atoms with Crippen LogP contribution in [0.25, 0.3) is 0 Å². The summed E-state index contributed by atoms with van der Waals surface area (Å²) in [6.07, 6.45) is 8.40. The molecule has 0 aromatic heterocycles. The third kappa shape index (κ3) is 2.34. The van der Waals surface area contributed by atoms with Gasteiger partial charge in [-0.05, 0) is 32.1 Å². The minimum absolute atomic E-state index is 0.590. The van der Waals surface area contributed by atoms with E-state index in [9.17, 15) is 0 Å². The number of thiocarbonyl (C=S) groups is 1. The Morgan fingerprint density at radius 2 is 2.00 bits per heavy atom. The lowest BCUT2D eigenvalue weighted by atomic mass is 9.27. The first kappa shape index (κ1) is 14.9. The molecule has 20 heavy (non-hydrogen) atoms. The van der Waals surface area contributed by atoms with E-state index in [0.717, 1.165) is 23.7 Å². The molecule has 3 heteroatoms. The fourth-order valence-electron chi connectivity index (χ4n) is 5.48. The lowest BCUT2D eigenvalue weighted by Crippen LogP contribution is -2.41. The van der Waals surface area contributed by atoms with E-state index in [2.05, 4.69) is 32.6 Å². The van der Waals surface area contributed by atoms with Crippen molar-refractivity contribution >= 4 is 24.5 Å². The van der Waals surface area contributed by atoms with Crippen molar-refractivity contribution in [2.75, 3.05) is 0 Å². The maximum atomic E-state index is 5.69. The molecule has 4 rings (SSSR count). The molecule has 2 bridgehead atoms. The highest BCUT2D eigenvalue weighted by molar-refractivity contribution is 7.80. The van der Waals surface area contributed by atoms with Crippen molar-refractivity contribution in [2.45, 2.75) is 89.4 Å². The van der Waals surface area contributed by atoms with Gasteiger partial charge in [0.15, 0.2) is 0 Å². The predicted molar refractivity (Wildman–Crippen MR) is 93.0 cm³/mol. The minimum Gasteiger partial charge on any atom is -0.360 e. The molecule has 1 saturated carbocycles. The zero-order valence-corrected chi connectivity index (χ0v) is 14.5. The highest BCUT2D eigenvalue weighted by Gasteiger charge is 2.50. The van der Waals surface area contributed by atoms with Gasteiger partial charge in [-0.2, -0.15) is 0 Å². The molecule has 0 spiro atoms. The monoisotopic (exact) mass is 291 g/mol. The molecule has 0 amide bonds. The fraction of sp³-hybridized carbons (Fsp3) is 0.941. The van der Waals surface area contributed by atoms with Crippen molar-refractivity contribution in [3.63, 3.8) is 0 Å². The van der Waals surface area contributed by atoms with Crippen LogP contribution in [0.2, 0.25) is 11.1 Å². The minimum atomic E-state index is 0.590. The Balaban J connectivity index is 1.76. The van der Waals surface area contributed by atoms with E-state index >= 15 is 0 Å². The number of likely N-dealkylation sites (tertiary alicyclic amines) is 1. The summed E-state index contributed by atoms with van der Waals surface area (Å²) in [6, 6.07) is 1.35. The summed E-state index contributed by atoms with van der Waals surface area (Å²) in [4.78, 5) is 3.84. The van der Waals surface area contributed by atoms with Gasteiger partial charge in [-0.15, -0.1) is 0 Å². The van der Waals surface area contributed by atoms with Gasteiger partial charge in [0.05, 0.1) is 4.99 Å². The molecule has 3 aliphatic heterocycles. The summed E-state index contributed by atoms with van der Waals surface area (Å²) in [6.45, 7) is 9.53. The summed E-state index contributed by atoms with van der Waals surface area (Å²) >= 11 is 5.69.